The molecule has 8 heteroatoms. The van der Waals surface area contributed by atoms with E-state index < -0.39 is 41.5 Å². The van der Waals surface area contributed by atoms with Crippen molar-refractivity contribution in [2.75, 3.05) is 0 Å². The molecule has 0 bridgehead atoms. The molecule has 134 valence electrons. The van der Waals surface area contributed by atoms with E-state index in [1.807, 2.05) is 6.07 Å². The van der Waals surface area contributed by atoms with Gasteiger partial charge in [0.1, 0.15) is 17.3 Å². The first-order chi connectivity index (χ1) is 11.7. The van der Waals surface area contributed by atoms with E-state index in [0.29, 0.717) is 0 Å². The third-order valence-electron chi connectivity index (χ3n) is 4.87. The molecular formula is C17H16ClF3N2O2. The van der Waals surface area contributed by atoms with Crippen LogP contribution in [0.1, 0.15) is 31.7 Å². The summed E-state index contributed by atoms with van der Waals surface area (Å²) in [6.45, 7) is 2.87. The molecule has 1 N–H and O–H groups in total. The smallest absolute Gasteiger partial charge is 0.312 e. The van der Waals surface area contributed by atoms with Gasteiger partial charge in [-0.25, -0.2) is 13.2 Å². The van der Waals surface area contributed by atoms with E-state index in [-0.39, 0.29) is 22.7 Å². The van der Waals surface area contributed by atoms with Crippen molar-refractivity contribution >= 4 is 23.3 Å². The standard InChI is InChI=1S/C17H16ClF3N2O2/c1-3-17(16(24)25)13(10-5-4-9(19)6-12(10)18)11(7-22)8(2)23-14(17)15(20)21/h4-6,11,13-15H,3H2,1-2H3,(H,24,25). The quantitative estimate of drug-likeness (QED) is 0.856. The van der Waals surface area contributed by atoms with E-state index in [4.69, 9.17) is 11.6 Å². The molecule has 0 aromatic heterocycles. The molecule has 1 aliphatic rings. The zero-order valence-corrected chi connectivity index (χ0v) is 14.3. The lowest BCUT2D eigenvalue weighted by atomic mass is 9.58. The van der Waals surface area contributed by atoms with Crippen molar-refractivity contribution in [3.63, 3.8) is 0 Å². The van der Waals surface area contributed by atoms with Gasteiger partial charge in [-0.3, -0.25) is 9.79 Å². The van der Waals surface area contributed by atoms with Crippen LogP contribution in [0.3, 0.4) is 0 Å². The van der Waals surface area contributed by atoms with E-state index in [2.05, 4.69) is 4.99 Å². The molecule has 4 atom stereocenters. The van der Waals surface area contributed by atoms with Gasteiger partial charge in [-0.05, 0) is 31.0 Å². The Kier molecular flexibility index (Phi) is 5.43. The van der Waals surface area contributed by atoms with Crippen LogP contribution in [0.4, 0.5) is 13.2 Å². The summed E-state index contributed by atoms with van der Waals surface area (Å²) in [5, 5.41) is 19.3. The molecular weight excluding hydrogens is 357 g/mol. The Hall–Kier alpha value is -2.07. The normalized spacial score (nSPS) is 29.2. The van der Waals surface area contributed by atoms with Crippen molar-refractivity contribution in [1.29, 1.82) is 5.26 Å². The predicted molar refractivity (Wildman–Crippen MR) is 86.5 cm³/mol. The lowest BCUT2D eigenvalue weighted by Crippen LogP contribution is -2.55. The average molecular weight is 373 g/mol. The molecule has 0 aliphatic carbocycles. The summed E-state index contributed by atoms with van der Waals surface area (Å²) in [7, 11) is 0. The van der Waals surface area contributed by atoms with Crippen LogP contribution in [0, 0.1) is 28.5 Å². The first kappa shape index (κ1) is 19.3. The van der Waals surface area contributed by atoms with Gasteiger partial charge in [-0.15, -0.1) is 0 Å². The van der Waals surface area contributed by atoms with Gasteiger partial charge in [-0.2, -0.15) is 5.26 Å². The maximum Gasteiger partial charge on any atom is 0.312 e. The molecule has 25 heavy (non-hydrogen) atoms. The van der Waals surface area contributed by atoms with E-state index in [9.17, 15) is 28.3 Å². The number of carboxylic acid groups (broad SMARTS) is 1. The minimum Gasteiger partial charge on any atom is -0.481 e. The molecule has 1 aromatic carbocycles. The van der Waals surface area contributed by atoms with Gasteiger partial charge in [-0.1, -0.05) is 24.6 Å². The van der Waals surface area contributed by atoms with Crippen LogP contribution in [-0.4, -0.2) is 29.3 Å². The number of aliphatic carboxylic acids is 1. The number of alkyl halides is 2. The summed E-state index contributed by atoms with van der Waals surface area (Å²) in [6, 6.07) is 3.42. The number of carbonyl (C=O) groups is 1. The summed E-state index contributed by atoms with van der Waals surface area (Å²) in [6.07, 6.45) is -3.22. The lowest BCUT2D eigenvalue weighted by Gasteiger charge is -2.46. The zero-order valence-electron chi connectivity index (χ0n) is 13.5. The number of nitrogens with zero attached hydrogens (tertiary/aromatic N) is 2. The number of hydrogen-bond donors (Lipinski definition) is 1. The van der Waals surface area contributed by atoms with Crippen molar-refractivity contribution in [2.45, 2.75) is 38.7 Å². The first-order valence-corrected chi connectivity index (χ1v) is 7.98. The second kappa shape index (κ2) is 7.04. The van der Waals surface area contributed by atoms with Gasteiger partial charge in [0.2, 0.25) is 0 Å². The number of hydrogen-bond acceptors (Lipinski definition) is 3. The minimum atomic E-state index is -3.03. The fourth-order valence-electron chi connectivity index (χ4n) is 3.64. The Balaban J connectivity index is 2.84. The fraction of sp³-hybridized carbons (Fsp3) is 0.471. The number of nitriles is 1. The van der Waals surface area contributed by atoms with E-state index in [0.717, 1.165) is 12.1 Å². The first-order valence-electron chi connectivity index (χ1n) is 7.61. The van der Waals surface area contributed by atoms with Crippen molar-refractivity contribution < 1.29 is 23.1 Å². The molecule has 1 heterocycles. The lowest BCUT2D eigenvalue weighted by molar-refractivity contribution is -0.156. The van der Waals surface area contributed by atoms with Crippen LogP contribution in [0.2, 0.25) is 5.02 Å². The van der Waals surface area contributed by atoms with Crippen molar-refractivity contribution in [2.24, 2.45) is 16.3 Å². The SMILES string of the molecule is CCC1(C(=O)O)C(C(F)F)N=C(C)C(C#N)C1c1ccc(F)cc1Cl. The summed E-state index contributed by atoms with van der Waals surface area (Å²) < 4.78 is 40.7. The van der Waals surface area contributed by atoms with E-state index >= 15 is 0 Å². The molecule has 1 aliphatic heterocycles. The molecule has 4 unspecified atom stereocenters. The van der Waals surface area contributed by atoms with E-state index in [1.165, 1.54) is 19.9 Å². The summed E-state index contributed by atoms with van der Waals surface area (Å²) >= 11 is 6.08. The topological polar surface area (TPSA) is 73.4 Å². The molecule has 0 spiro atoms. The highest BCUT2D eigenvalue weighted by atomic mass is 35.5. The third-order valence-corrected chi connectivity index (χ3v) is 5.19. The van der Waals surface area contributed by atoms with Gasteiger partial charge >= 0.3 is 5.97 Å². The van der Waals surface area contributed by atoms with E-state index in [1.54, 1.807) is 0 Å². The molecule has 0 fully saturated rings. The fourth-order valence-corrected chi connectivity index (χ4v) is 3.92. The second-order valence-corrected chi connectivity index (χ2v) is 6.41. The van der Waals surface area contributed by atoms with Crippen LogP contribution >= 0.6 is 11.6 Å². The highest BCUT2D eigenvalue weighted by molar-refractivity contribution is 6.31. The van der Waals surface area contributed by atoms with Crippen LogP contribution < -0.4 is 0 Å². The van der Waals surface area contributed by atoms with Crippen molar-refractivity contribution in [3.8, 4) is 6.07 Å². The third kappa shape index (κ3) is 2.99. The second-order valence-electron chi connectivity index (χ2n) is 6.00. The number of halogens is 4. The van der Waals surface area contributed by atoms with Gasteiger partial charge < -0.3 is 5.11 Å². The maximum absolute atomic E-state index is 13.7. The molecule has 0 amide bonds. The number of rotatable bonds is 4. The van der Waals surface area contributed by atoms with Crippen LogP contribution in [0.25, 0.3) is 0 Å². The van der Waals surface area contributed by atoms with Crippen LogP contribution in [-0.2, 0) is 4.79 Å². The van der Waals surface area contributed by atoms with Crippen LogP contribution in [0.15, 0.2) is 23.2 Å². The molecule has 2 rings (SSSR count). The van der Waals surface area contributed by atoms with Crippen molar-refractivity contribution in [1.82, 2.24) is 0 Å². The van der Waals surface area contributed by atoms with Gasteiger partial charge in [0, 0.05) is 16.7 Å². The Labute approximate surface area is 147 Å². The van der Waals surface area contributed by atoms with Crippen LogP contribution in [0.5, 0.6) is 0 Å². The molecule has 0 saturated carbocycles. The number of benzene rings is 1. The Morgan fingerprint density at radius 2 is 2.16 bits per heavy atom. The Morgan fingerprint density at radius 1 is 1.52 bits per heavy atom. The maximum atomic E-state index is 13.7. The molecule has 1 aromatic rings. The molecule has 0 radical (unpaired) electrons. The zero-order chi connectivity index (χ0) is 18.9. The summed E-state index contributed by atoms with van der Waals surface area (Å²) in [4.78, 5) is 16.0. The van der Waals surface area contributed by atoms with Crippen molar-refractivity contribution in [3.05, 3.63) is 34.6 Å². The number of carboxylic acids is 1. The Bertz CT molecular complexity index is 763. The molecule has 0 saturated heterocycles. The summed E-state index contributed by atoms with van der Waals surface area (Å²) in [5.74, 6) is -4.37. The highest BCUT2D eigenvalue weighted by Crippen LogP contribution is 2.53. The monoisotopic (exact) mass is 372 g/mol. The molecule has 4 nitrogen and oxygen atoms in total. The average Bonchev–Trinajstić information content (AvgIpc) is 2.53. The van der Waals surface area contributed by atoms with Gasteiger partial charge in [0.15, 0.2) is 0 Å². The minimum absolute atomic E-state index is 0.105. The number of aliphatic imine (C=N–C) groups is 1. The predicted octanol–water partition coefficient (Wildman–Crippen LogP) is 4.29. The van der Waals surface area contributed by atoms with Gasteiger partial charge in [0.05, 0.1) is 12.0 Å². The Morgan fingerprint density at radius 3 is 2.60 bits per heavy atom. The van der Waals surface area contributed by atoms with Gasteiger partial charge in [0.25, 0.3) is 6.43 Å². The summed E-state index contributed by atoms with van der Waals surface area (Å²) in [5.41, 5.74) is -1.77. The highest BCUT2D eigenvalue weighted by Gasteiger charge is 2.60. The largest absolute Gasteiger partial charge is 0.481 e.